The highest BCUT2D eigenvalue weighted by molar-refractivity contribution is 7.09. The first-order chi connectivity index (χ1) is 13.9. The zero-order valence-corrected chi connectivity index (χ0v) is 18.5. The second-order valence-electron chi connectivity index (χ2n) is 7.81. The fourth-order valence-corrected chi connectivity index (χ4v) is 3.79. The monoisotopic (exact) mass is 417 g/mol. The Morgan fingerprint density at radius 2 is 2.28 bits per heavy atom. The second-order valence-corrected chi connectivity index (χ2v) is 8.84. The van der Waals surface area contributed by atoms with Gasteiger partial charge in [0.25, 0.3) is 0 Å². The maximum absolute atomic E-state index is 12.0. The van der Waals surface area contributed by atoms with E-state index in [1.807, 2.05) is 4.68 Å². The molecule has 3 heterocycles. The summed E-state index contributed by atoms with van der Waals surface area (Å²) in [6.07, 6.45) is 2.77. The van der Waals surface area contributed by atoms with Crippen LogP contribution >= 0.6 is 11.3 Å². The van der Waals surface area contributed by atoms with Gasteiger partial charge in [-0.3, -0.25) is 4.79 Å². The van der Waals surface area contributed by atoms with Crippen molar-refractivity contribution < 1.29 is 4.79 Å². The Bertz CT molecular complexity index is 826. The number of fused-ring (bicyclic) bond motifs is 1. The number of nitrogens with zero attached hydrogens (tertiary/aromatic N) is 5. The summed E-state index contributed by atoms with van der Waals surface area (Å²) >= 11 is 1.75. The molecule has 0 radical (unpaired) electrons. The molecule has 0 fully saturated rings. The molecule has 1 unspecified atom stereocenters. The molecule has 1 amide bonds. The lowest BCUT2D eigenvalue weighted by atomic mass is 10.1. The number of hydrogen-bond donors (Lipinski definition) is 2. The molecule has 2 aromatic heterocycles. The van der Waals surface area contributed by atoms with Crippen molar-refractivity contribution in [2.45, 2.75) is 51.6 Å². The van der Waals surface area contributed by atoms with E-state index in [0.717, 1.165) is 44.0 Å². The molecule has 8 nitrogen and oxygen atoms in total. The van der Waals surface area contributed by atoms with E-state index in [9.17, 15) is 4.79 Å². The van der Waals surface area contributed by atoms with E-state index >= 15 is 0 Å². The maximum Gasteiger partial charge on any atom is 0.243 e. The highest BCUT2D eigenvalue weighted by atomic mass is 32.1. The van der Waals surface area contributed by atoms with Crippen LogP contribution in [0.15, 0.2) is 22.5 Å². The SMILES string of the molecule is CC(C)c1nc2n(n1)CC(NC(=NCC(=O)N(C)C)NCCc1cccs1)CC2. The maximum atomic E-state index is 12.0. The molecule has 1 aliphatic heterocycles. The molecule has 3 rings (SSSR count). The first-order valence-corrected chi connectivity index (χ1v) is 11.0. The van der Waals surface area contributed by atoms with Gasteiger partial charge in [0.15, 0.2) is 11.8 Å². The molecule has 0 spiro atoms. The minimum atomic E-state index is -0.0202. The molecule has 1 aliphatic rings. The van der Waals surface area contributed by atoms with E-state index in [2.05, 4.69) is 57.1 Å². The molecule has 0 saturated carbocycles. The summed E-state index contributed by atoms with van der Waals surface area (Å²) in [6, 6.07) is 4.39. The fourth-order valence-electron chi connectivity index (χ4n) is 3.08. The third-order valence-corrected chi connectivity index (χ3v) is 5.78. The van der Waals surface area contributed by atoms with Gasteiger partial charge in [0.05, 0.1) is 6.54 Å². The summed E-state index contributed by atoms with van der Waals surface area (Å²) in [5.41, 5.74) is 0. The van der Waals surface area contributed by atoms with Crippen molar-refractivity contribution in [1.29, 1.82) is 0 Å². The van der Waals surface area contributed by atoms with Gasteiger partial charge in [-0.15, -0.1) is 11.3 Å². The Kier molecular flexibility index (Phi) is 7.24. The number of nitrogens with one attached hydrogen (secondary N) is 2. The number of carbonyl (C=O) groups excluding carboxylic acids is 1. The predicted octanol–water partition coefficient (Wildman–Crippen LogP) is 1.64. The lowest BCUT2D eigenvalue weighted by molar-refractivity contribution is -0.127. The quantitative estimate of drug-likeness (QED) is 0.528. The average Bonchev–Trinajstić information content (AvgIpc) is 3.34. The van der Waals surface area contributed by atoms with E-state index in [1.54, 1.807) is 30.3 Å². The molecule has 2 aromatic rings. The summed E-state index contributed by atoms with van der Waals surface area (Å²) in [4.78, 5) is 24.0. The van der Waals surface area contributed by atoms with E-state index in [-0.39, 0.29) is 18.5 Å². The minimum Gasteiger partial charge on any atom is -0.356 e. The van der Waals surface area contributed by atoms with E-state index in [1.165, 1.54) is 4.88 Å². The highest BCUT2D eigenvalue weighted by Crippen LogP contribution is 2.17. The Labute approximate surface area is 176 Å². The summed E-state index contributed by atoms with van der Waals surface area (Å²) in [5, 5.41) is 13.6. The number of rotatable bonds is 7. The van der Waals surface area contributed by atoms with Crippen molar-refractivity contribution in [3.05, 3.63) is 34.0 Å². The van der Waals surface area contributed by atoms with E-state index in [0.29, 0.717) is 11.9 Å². The molecule has 0 bridgehead atoms. The number of aromatic nitrogens is 3. The lowest BCUT2D eigenvalue weighted by Gasteiger charge is -2.25. The number of thiophene rings is 1. The molecular weight excluding hydrogens is 386 g/mol. The lowest BCUT2D eigenvalue weighted by Crippen LogP contribution is -2.48. The van der Waals surface area contributed by atoms with Gasteiger partial charge in [-0.25, -0.2) is 14.7 Å². The molecule has 2 N–H and O–H groups in total. The van der Waals surface area contributed by atoms with Gasteiger partial charge in [-0.05, 0) is 24.3 Å². The molecule has 1 atom stereocenters. The van der Waals surface area contributed by atoms with Crippen molar-refractivity contribution in [3.63, 3.8) is 0 Å². The predicted molar refractivity (Wildman–Crippen MR) is 116 cm³/mol. The number of aliphatic imine (C=N–C) groups is 1. The van der Waals surface area contributed by atoms with Gasteiger partial charge in [-0.1, -0.05) is 19.9 Å². The van der Waals surface area contributed by atoms with Crippen molar-refractivity contribution in [2.75, 3.05) is 27.2 Å². The molecule has 9 heteroatoms. The van der Waals surface area contributed by atoms with Crippen LogP contribution in [0.25, 0.3) is 0 Å². The van der Waals surface area contributed by atoms with Gasteiger partial charge in [0.1, 0.15) is 12.4 Å². The largest absolute Gasteiger partial charge is 0.356 e. The van der Waals surface area contributed by atoms with Gasteiger partial charge in [0.2, 0.25) is 5.91 Å². The highest BCUT2D eigenvalue weighted by Gasteiger charge is 2.23. The number of amides is 1. The van der Waals surface area contributed by atoms with Crippen LogP contribution in [0, 0.1) is 0 Å². The Morgan fingerprint density at radius 1 is 1.45 bits per heavy atom. The second kappa shape index (κ2) is 9.87. The zero-order valence-electron chi connectivity index (χ0n) is 17.7. The number of aryl methyl sites for hydroxylation is 1. The summed E-state index contributed by atoms with van der Waals surface area (Å²) < 4.78 is 2.00. The molecule has 0 aliphatic carbocycles. The number of carbonyl (C=O) groups is 1. The van der Waals surface area contributed by atoms with Crippen LogP contribution in [0.5, 0.6) is 0 Å². The topological polar surface area (TPSA) is 87.4 Å². The van der Waals surface area contributed by atoms with Crippen molar-refractivity contribution in [3.8, 4) is 0 Å². The molecule has 158 valence electrons. The Hall–Kier alpha value is -2.42. The third-order valence-electron chi connectivity index (χ3n) is 4.85. The first kappa shape index (κ1) is 21.3. The van der Waals surface area contributed by atoms with Crippen LogP contribution in [0.1, 0.15) is 42.7 Å². The molecule has 0 aromatic carbocycles. The normalized spacial score (nSPS) is 16.6. The van der Waals surface area contributed by atoms with Gasteiger partial charge < -0.3 is 15.5 Å². The van der Waals surface area contributed by atoms with Crippen LogP contribution in [0.4, 0.5) is 0 Å². The number of likely N-dealkylation sites (N-methyl/N-ethyl adjacent to an activating group) is 1. The smallest absolute Gasteiger partial charge is 0.243 e. The minimum absolute atomic E-state index is 0.0202. The van der Waals surface area contributed by atoms with Crippen LogP contribution < -0.4 is 10.6 Å². The molecular formula is C20H31N7OS. The van der Waals surface area contributed by atoms with Gasteiger partial charge in [0, 0.05) is 43.9 Å². The van der Waals surface area contributed by atoms with Gasteiger partial charge >= 0.3 is 0 Å². The van der Waals surface area contributed by atoms with Gasteiger partial charge in [-0.2, -0.15) is 5.10 Å². The number of hydrogen-bond acceptors (Lipinski definition) is 5. The average molecular weight is 418 g/mol. The van der Waals surface area contributed by atoms with Crippen LogP contribution in [0.2, 0.25) is 0 Å². The van der Waals surface area contributed by atoms with Crippen LogP contribution in [-0.2, 0) is 24.2 Å². The first-order valence-electron chi connectivity index (χ1n) is 10.1. The standard InChI is InChI=1S/C20H31N7OS/c1-14(2)19-24-17-8-7-15(13-27(17)25-19)23-20(22-12-18(28)26(3)4)21-10-9-16-6-5-11-29-16/h5-6,11,14-15H,7-10,12-13H2,1-4H3,(H2,21,22,23). The fraction of sp³-hybridized carbons (Fsp3) is 0.600. The molecule has 29 heavy (non-hydrogen) atoms. The van der Waals surface area contributed by atoms with Crippen molar-refractivity contribution in [2.24, 2.45) is 4.99 Å². The van der Waals surface area contributed by atoms with E-state index in [4.69, 9.17) is 0 Å². The third kappa shape index (κ3) is 6.03. The van der Waals surface area contributed by atoms with Crippen molar-refractivity contribution >= 4 is 23.2 Å². The summed E-state index contributed by atoms with van der Waals surface area (Å²) in [6.45, 7) is 5.87. The van der Waals surface area contributed by atoms with E-state index < -0.39 is 0 Å². The number of guanidine groups is 1. The van der Waals surface area contributed by atoms with Crippen LogP contribution in [0.3, 0.4) is 0 Å². The molecule has 0 saturated heterocycles. The zero-order chi connectivity index (χ0) is 20.8. The Morgan fingerprint density at radius 3 is 2.97 bits per heavy atom. The summed E-state index contributed by atoms with van der Waals surface area (Å²) in [5.74, 6) is 2.94. The van der Waals surface area contributed by atoms with Crippen LogP contribution in [-0.4, -0.2) is 64.8 Å². The summed E-state index contributed by atoms with van der Waals surface area (Å²) in [7, 11) is 3.49. The Balaban J connectivity index is 1.61. The van der Waals surface area contributed by atoms with Crippen molar-refractivity contribution in [1.82, 2.24) is 30.3 Å².